The molecule has 1 saturated carbocycles. The summed E-state index contributed by atoms with van der Waals surface area (Å²) in [5, 5.41) is 12.6. The van der Waals surface area contributed by atoms with Crippen LogP contribution in [0.1, 0.15) is 30.1 Å². The van der Waals surface area contributed by atoms with Crippen molar-refractivity contribution in [3.05, 3.63) is 42.0 Å². The average molecular weight is 257 g/mol. The Labute approximate surface area is 113 Å². The number of hydrogen-bond acceptors (Lipinski definition) is 2. The first-order chi connectivity index (χ1) is 9.15. The normalized spacial score (nSPS) is 29.4. The van der Waals surface area contributed by atoms with E-state index in [0.717, 1.165) is 11.6 Å². The number of hydrogen-bond donors (Lipinski definition) is 2. The Morgan fingerprint density at radius 3 is 2.74 bits per heavy atom. The highest BCUT2D eigenvalue weighted by Gasteiger charge is 2.38. The lowest BCUT2D eigenvalue weighted by atomic mass is 9.87. The molecule has 2 aliphatic carbocycles. The third kappa shape index (κ3) is 2.25. The second-order valence-corrected chi connectivity index (χ2v) is 5.73. The topological polar surface area (TPSA) is 49.3 Å². The summed E-state index contributed by atoms with van der Waals surface area (Å²) in [5.74, 6) is 1.17. The lowest BCUT2D eigenvalue weighted by Crippen LogP contribution is -2.29. The molecule has 4 unspecified atom stereocenters. The number of carboxylic acid groups (broad SMARTS) is 1. The van der Waals surface area contributed by atoms with Crippen molar-refractivity contribution in [1.29, 1.82) is 0 Å². The molecule has 4 atom stereocenters. The van der Waals surface area contributed by atoms with Crippen LogP contribution in [0.4, 0.5) is 5.69 Å². The summed E-state index contributed by atoms with van der Waals surface area (Å²) in [6.07, 6.45) is 7.17. The van der Waals surface area contributed by atoms with Crippen LogP contribution in [-0.4, -0.2) is 17.1 Å². The lowest BCUT2D eigenvalue weighted by molar-refractivity contribution is 0.0698. The second kappa shape index (κ2) is 4.72. The predicted molar refractivity (Wildman–Crippen MR) is 75.3 cm³/mol. The van der Waals surface area contributed by atoms with Crippen molar-refractivity contribution in [2.75, 3.05) is 5.32 Å². The number of rotatable bonds is 4. The van der Waals surface area contributed by atoms with E-state index in [1.54, 1.807) is 12.1 Å². The molecule has 0 amide bonds. The Kier molecular flexibility index (Phi) is 3.05. The minimum absolute atomic E-state index is 0.306. The molecule has 100 valence electrons. The molecule has 2 bridgehead atoms. The van der Waals surface area contributed by atoms with Crippen molar-refractivity contribution in [2.45, 2.75) is 25.8 Å². The number of para-hydroxylation sites is 1. The third-order valence-electron chi connectivity index (χ3n) is 4.51. The fourth-order valence-electron chi connectivity index (χ4n) is 3.55. The van der Waals surface area contributed by atoms with Gasteiger partial charge in [-0.05, 0) is 49.7 Å². The van der Waals surface area contributed by atoms with Gasteiger partial charge in [0.1, 0.15) is 0 Å². The van der Waals surface area contributed by atoms with E-state index >= 15 is 0 Å². The largest absolute Gasteiger partial charge is 0.478 e. The van der Waals surface area contributed by atoms with Gasteiger partial charge in [-0.1, -0.05) is 24.3 Å². The molecule has 0 radical (unpaired) electrons. The first-order valence-electron chi connectivity index (χ1n) is 6.92. The molecule has 2 aliphatic rings. The summed E-state index contributed by atoms with van der Waals surface area (Å²) >= 11 is 0. The molecule has 0 aromatic heterocycles. The molecule has 19 heavy (non-hydrogen) atoms. The third-order valence-corrected chi connectivity index (χ3v) is 4.51. The van der Waals surface area contributed by atoms with Crippen molar-refractivity contribution < 1.29 is 9.90 Å². The van der Waals surface area contributed by atoms with E-state index in [4.69, 9.17) is 0 Å². The number of carbonyl (C=O) groups is 1. The van der Waals surface area contributed by atoms with Gasteiger partial charge in [-0.15, -0.1) is 0 Å². The monoisotopic (exact) mass is 257 g/mol. The van der Waals surface area contributed by atoms with Crippen molar-refractivity contribution in [3.8, 4) is 0 Å². The predicted octanol–water partition coefficient (Wildman–Crippen LogP) is 3.40. The van der Waals surface area contributed by atoms with Crippen LogP contribution in [0.25, 0.3) is 0 Å². The Morgan fingerprint density at radius 2 is 2.11 bits per heavy atom. The zero-order valence-electron chi connectivity index (χ0n) is 11.0. The summed E-state index contributed by atoms with van der Waals surface area (Å²) < 4.78 is 0. The van der Waals surface area contributed by atoms with Gasteiger partial charge >= 0.3 is 5.97 Å². The molecule has 1 aromatic carbocycles. The molecular weight excluding hydrogens is 238 g/mol. The molecule has 2 N–H and O–H groups in total. The second-order valence-electron chi connectivity index (χ2n) is 5.73. The van der Waals surface area contributed by atoms with E-state index in [1.165, 1.54) is 12.8 Å². The quantitative estimate of drug-likeness (QED) is 0.813. The lowest BCUT2D eigenvalue weighted by Gasteiger charge is -2.27. The minimum Gasteiger partial charge on any atom is -0.478 e. The summed E-state index contributed by atoms with van der Waals surface area (Å²) in [6, 6.07) is 7.45. The molecule has 0 aliphatic heterocycles. The number of anilines is 1. The zero-order chi connectivity index (χ0) is 13.4. The van der Waals surface area contributed by atoms with Crippen LogP contribution in [-0.2, 0) is 0 Å². The maximum absolute atomic E-state index is 11.2. The summed E-state index contributed by atoms with van der Waals surface area (Å²) in [7, 11) is 0. The zero-order valence-corrected chi connectivity index (χ0v) is 11.0. The van der Waals surface area contributed by atoms with Crippen molar-refractivity contribution in [1.82, 2.24) is 0 Å². The van der Waals surface area contributed by atoms with E-state index in [0.29, 0.717) is 23.4 Å². The van der Waals surface area contributed by atoms with Gasteiger partial charge in [0.05, 0.1) is 5.56 Å². The van der Waals surface area contributed by atoms with Crippen LogP contribution in [0.5, 0.6) is 0 Å². The average Bonchev–Trinajstić information content (AvgIpc) is 3.01. The van der Waals surface area contributed by atoms with Gasteiger partial charge in [0.15, 0.2) is 0 Å². The van der Waals surface area contributed by atoms with Crippen molar-refractivity contribution in [2.24, 2.45) is 17.8 Å². The Hall–Kier alpha value is -1.77. The molecule has 1 aromatic rings. The van der Waals surface area contributed by atoms with Gasteiger partial charge in [0.2, 0.25) is 0 Å². The van der Waals surface area contributed by atoms with Crippen LogP contribution in [0.3, 0.4) is 0 Å². The number of benzene rings is 1. The number of carboxylic acids is 1. The molecule has 0 spiro atoms. The van der Waals surface area contributed by atoms with E-state index in [9.17, 15) is 9.90 Å². The number of allylic oxidation sites excluding steroid dienone is 2. The van der Waals surface area contributed by atoms with Crippen molar-refractivity contribution in [3.63, 3.8) is 0 Å². The Morgan fingerprint density at radius 1 is 1.32 bits per heavy atom. The molecular formula is C16H19NO2. The molecule has 0 heterocycles. The summed E-state index contributed by atoms with van der Waals surface area (Å²) in [5.41, 5.74) is 1.09. The summed E-state index contributed by atoms with van der Waals surface area (Å²) in [4.78, 5) is 11.2. The van der Waals surface area contributed by atoms with Crippen LogP contribution in [0.15, 0.2) is 36.4 Å². The maximum Gasteiger partial charge on any atom is 0.337 e. The van der Waals surface area contributed by atoms with Gasteiger partial charge in [0.25, 0.3) is 0 Å². The van der Waals surface area contributed by atoms with Crippen LogP contribution >= 0.6 is 0 Å². The number of fused-ring (bicyclic) bond motifs is 2. The SMILES string of the molecule is CC(Nc1ccccc1C(=O)O)C1CC2C=CC1C2. The fraction of sp³-hybridized carbons (Fsp3) is 0.438. The van der Waals surface area contributed by atoms with E-state index in [1.807, 2.05) is 12.1 Å². The van der Waals surface area contributed by atoms with E-state index in [-0.39, 0.29) is 0 Å². The first kappa shape index (κ1) is 12.3. The van der Waals surface area contributed by atoms with Crippen LogP contribution in [0.2, 0.25) is 0 Å². The number of nitrogens with one attached hydrogen (secondary N) is 1. The molecule has 3 rings (SSSR count). The summed E-state index contributed by atoms with van der Waals surface area (Å²) in [6.45, 7) is 2.16. The van der Waals surface area contributed by atoms with Crippen molar-refractivity contribution >= 4 is 11.7 Å². The fourth-order valence-corrected chi connectivity index (χ4v) is 3.55. The molecule has 3 heteroatoms. The smallest absolute Gasteiger partial charge is 0.337 e. The molecule has 1 fully saturated rings. The van der Waals surface area contributed by atoms with Gasteiger partial charge < -0.3 is 10.4 Å². The highest BCUT2D eigenvalue weighted by molar-refractivity contribution is 5.94. The van der Waals surface area contributed by atoms with Gasteiger partial charge in [-0.3, -0.25) is 0 Å². The molecule has 0 saturated heterocycles. The maximum atomic E-state index is 11.2. The Bertz CT molecular complexity index is 523. The Balaban J connectivity index is 1.75. The van der Waals surface area contributed by atoms with E-state index < -0.39 is 5.97 Å². The van der Waals surface area contributed by atoms with E-state index in [2.05, 4.69) is 24.4 Å². The van der Waals surface area contributed by atoms with Gasteiger partial charge in [0, 0.05) is 11.7 Å². The first-order valence-corrected chi connectivity index (χ1v) is 6.92. The van der Waals surface area contributed by atoms with Crippen LogP contribution in [0, 0.1) is 17.8 Å². The van der Waals surface area contributed by atoms with Gasteiger partial charge in [-0.2, -0.15) is 0 Å². The highest BCUT2D eigenvalue weighted by atomic mass is 16.4. The molecule has 3 nitrogen and oxygen atoms in total. The number of aromatic carboxylic acids is 1. The standard InChI is InChI=1S/C16H19NO2/c1-10(14-9-11-6-7-12(14)8-11)17-15-5-3-2-4-13(15)16(18)19/h2-7,10-12,14,17H,8-9H2,1H3,(H,18,19). The minimum atomic E-state index is -0.872. The van der Waals surface area contributed by atoms with Crippen LogP contribution < -0.4 is 5.32 Å². The highest BCUT2D eigenvalue weighted by Crippen LogP contribution is 2.45. The van der Waals surface area contributed by atoms with Gasteiger partial charge in [-0.25, -0.2) is 4.79 Å².